The van der Waals surface area contributed by atoms with Crippen molar-refractivity contribution >= 4 is 50.0 Å². The van der Waals surface area contributed by atoms with Crippen LogP contribution in [0.25, 0.3) is 22.2 Å². The minimum Gasteiger partial charge on any atom is -0.322 e. The largest absolute Gasteiger partial charge is 0.322 e. The van der Waals surface area contributed by atoms with Crippen molar-refractivity contribution in [1.29, 1.82) is 0 Å². The third-order valence-corrected chi connectivity index (χ3v) is 5.25. The van der Waals surface area contributed by atoms with E-state index >= 15 is 0 Å². The predicted octanol–water partition coefficient (Wildman–Crippen LogP) is 4.42. The van der Waals surface area contributed by atoms with Crippen LogP contribution in [0, 0.1) is 0 Å². The van der Waals surface area contributed by atoms with Gasteiger partial charge in [0.05, 0.1) is 22.5 Å². The van der Waals surface area contributed by atoms with E-state index in [1.165, 1.54) is 12.1 Å². The molecule has 0 saturated heterocycles. The highest BCUT2D eigenvalue weighted by molar-refractivity contribution is 7.90. The molecule has 0 aliphatic carbocycles. The molecule has 0 atom stereocenters. The van der Waals surface area contributed by atoms with Crippen molar-refractivity contribution < 1.29 is 13.2 Å². The lowest BCUT2D eigenvalue weighted by atomic mass is 10.0. The molecule has 1 heterocycles. The molecule has 0 radical (unpaired) electrons. The van der Waals surface area contributed by atoms with Gasteiger partial charge in [-0.05, 0) is 42.5 Å². The number of nitrogens with one attached hydrogen (secondary N) is 2. The van der Waals surface area contributed by atoms with Gasteiger partial charge in [-0.3, -0.25) is 9.52 Å². The van der Waals surface area contributed by atoms with Crippen LogP contribution in [-0.2, 0) is 10.2 Å². The minimum absolute atomic E-state index is 0.238. The number of anilines is 2. The molecule has 4 aromatic rings. The van der Waals surface area contributed by atoms with E-state index < -0.39 is 10.2 Å². The lowest BCUT2D eigenvalue weighted by Crippen LogP contribution is -2.21. The highest BCUT2D eigenvalue weighted by atomic mass is 35.5. The van der Waals surface area contributed by atoms with Crippen molar-refractivity contribution in [2.45, 2.75) is 0 Å². The molecule has 0 unspecified atom stereocenters. The van der Waals surface area contributed by atoms with Crippen molar-refractivity contribution in [3.05, 3.63) is 89.4 Å². The first-order valence-corrected chi connectivity index (χ1v) is 11.1. The Hall–Kier alpha value is -3.46. The summed E-state index contributed by atoms with van der Waals surface area (Å²) in [7, 11) is -3.92. The number of rotatable bonds is 5. The van der Waals surface area contributed by atoms with Gasteiger partial charge in [-0.2, -0.15) is 8.42 Å². The quantitative estimate of drug-likeness (QED) is 0.415. The molecule has 156 valence electrons. The van der Waals surface area contributed by atoms with Crippen molar-refractivity contribution in [3.8, 4) is 11.3 Å². The summed E-state index contributed by atoms with van der Waals surface area (Å²) >= 11 is 5.98. The second-order valence-corrected chi connectivity index (χ2v) is 8.49. The third kappa shape index (κ3) is 5.00. The number of aromatic nitrogens is 1. The van der Waals surface area contributed by atoms with E-state index in [1.54, 1.807) is 30.3 Å². The van der Waals surface area contributed by atoms with E-state index in [0.717, 1.165) is 5.56 Å². The van der Waals surface area contributed by atoms with Gasteiger partial charge >= 0.3 is 0 Å². The molecule has 0 bridgehead atoms. The molecule has 3 aromatic carbocycles. The number of para-hydroxylation sites is 1. The summed E-state index contributed by atoms with van der Waals surface area (Å²) in [6.45, 7) is 0. The van der Waals surface area contributed by atoms with Gasteiger partial charge in [0, 0.05) is 21.7 Å². The van der Waals surface area contributed by atoms with E-state index in [0.29, 0.717) is 32.9 Å². The Labute approximate surface area is 184 Å². The first kappa shape index (κ1) is 20.8. The van der Waals surface area contributed by atoms with Crippen LogP contribution in [0.15, 0.2) is 78.9 Å². The van der Waals surface area contributed by atoms with Gasteiger partial charge in [0.1, 0.15) is 0 Å². The minimum atomic E-state index is -3.92. The van der Waals surface area contributed by atoms with Crippen molar-refractivity contribution in [2.24, 2.45) is 5.14 Å². The van der Waals surface area contributed by atoms with Crippen LogP contribution in [0.2, 0.25) is 5.02 Å². The normalized spacial score (nSPS) is 11.3. The van der Waals surface area contributed by atoms with Crippen molar-refractivity contribution in [1.82, 2.24) is 4.98 Å². The topological polar surface area (TPSA) is 114 Å². The highest BCUT2D eigenvalue weighted by Crippen LogP contribution is 2.27. The fraction of sp³-hybridized carbons (Fsp3) is 0. The van der Waals surface area contributed by atoms with Crippen molar-refractivity contribution in [3.63, 3.8) is 0 Å². The molecule has 0 saturated carbocycles. The monoisotopic (exact) mass is 452 g/mol. The van der Waals surface area contributed by atoms with Crippen molar-refractivity contribution in [2.75, 3.05) is 10.0 Å². The van der Waals surface area contributed by atoms with Crippen LogP contribution in [0.1, 0.15) is 10.4 Å². The number of hydrogen-bond donors (Lipinski definition) is 3. The summed E-state index contributed by atoms with van der Waals surface area (Å²) in [5.41, 5.74) is 3.20. The number of hydrogen-bond acceptors (Lipinski definition) is 4. The molecule has 0 fully saturated rings. The first-order chi connectivity index (χ1) is 14.8. The number of nitrogens with zero attached hydrogens (tertiary/aromatic N) is 1. The summed E-state index contributed by atoms with van der Waals surface area (Å²) in [5, 5.41) is 9.11. The molecule has 1 amide bonds. The molecule has 4 rings (SSSR count). The first-order valence-electron chi connectivity index (χ1n) is 9.16. The molecule has 31 heavy (non-hydrogen) atoms. The second kappa shape index (κ2) is 8.35. The summed E-state index contributed by atoms with van der Waals surface area (Å²) in [6.07, 6.45) is 0. The van der Waals surface area contributed by atoms with Crippen LogP contribution < -0.4 is 15.2 Å². The van der Waals surface area contributed by atoms with Crippen LogP contribution in [0.3, 0.4) is 0 Å². The van der Waals surface area contributed by atoms with E-state index in [9.17, 15) is 13.2 Å². The van der Waals surface area contributed by atoms with Gasteiger partial charge in [0.25, 0.3) is 16.1 Å². The molecule has 0 spiro atoms. The molecule has 4 N–H and O–H groups in total. The molecule has 0 aliphatic heterocycles. The average molecular weight is 453 g/mol. The Kier molecular flexibility index (Phi) is 5.60. The van der Waals surface area contributed by atoms with E-state index in [-0.39, 0.29) is 11.6 Å². The van der Waals surface area contributed by atoms with Crippen LogP contribution in [0.4, 0.5) is 11.4 Å². The Morgan fingerprint density at radius 3 is 2.35 bits per heavy atom. The maximum absolute atomic E-state index is 13.1. The molecular formula is C22H17ClN4O3S. The predicted molar refractivity (Wildman–Crippen MR) is 123 cm³/mol. The zero-order valence-corrected chi connectivity index (χ0v) is 17.6. The Bertz CT molecular complexity index is 1390. The molecule has 7 nitrogen and oxygen atoms in total. The zero-order chi connectivity index (χ0) is 22.0. The molecule has 9 heteroatoms. The molecular weight excluding hydrogens is 436 g/mol. The van der Waals surface area contributed by atoms with Gasteiger partial charge in [-0.1, -0.05) is 48.0 Å². The summed E-state index contributed by atoms with van der Waals surface area (Å²) < 4.78 is 24.7. The summed E-state index contributed by atoms with van der Waals surface area (Å²) in [4.78, 5) is 17.8. The number of halogens is 1. The number of nitrogens with two attached hydrogens (primary N) is 1. The average Bonchev–Trinajstić information content (AvgIpc) is 2.72. The summed E-state index contributed by atoms with van der Waals surface area (Å²) in [5.74, 6) is -0.360. The fourth-order valence-electron chi connectivity index (χ4n) is 3.15. The Balaban J connectivity index is 1.72. The Morgan fingerprint density at radius 2 is 1.61 bits per heavy atom. The number of benzene rings is 3. The maximum atomic E-state index is 13.1. The maximum Gasteiger partial charge on any atom is 0.296 e. The van der Waals surface area contributed by atoms with Gasteiger partial charge in [-0.25, -0.2) is 10.1 Å². The second-order valence-electron chi connectivity index (χ2n) is 6.76. The number of fused-ring (bicyclic) bond motifs is 1. The third-order valence-electron chi connectivity index (χ3n) is 4.48. The Morgan fingerprint density at radius 1 is 0.903 bits per heavy atom. The number of amides is 1. The fourth-order valence-corrected chi connectivity index (χ4v) is 3.74. The van der Waals surface area contributed by atoms with Gasteiger partial charge in [0.2, 0.25) is 0 Å². The molecule has 0 aliphatic rings. The van der Waals surface area contributed by atoms with Crippen LogP contribution >= 0.6 is 11.6 Å². The lowest BCUT2D eigenvalue weighted by molar-refractivity contribution is 0.102. The van der Waals surface area contributed by atoms with Crippen LogP contribution in [0.5, 0.6) is 0 Å². The van der Waals surface area contributed by atoms with E-state index in [1.807, 2.05) is 36.4 Å². The van der Waals surface area contributed by atoms with E-state index in [2.05, 4.69) is 15.0 Å². The van der Waals surface area contributed by atoms with Gasteiger partial charge in [-0.15, -0.1) is 0 Å². The highest BCUT2D eigenvalue weighted by Gasteiger charge is 2.15. The zero-order valence-electron chi connectivity index (χ0n) is 16.0. The lowest BCUT2D eigenvalue weighted by Gasteiger charge is -2.12. The van der Waals surface area contributed by atoms with Gasteiger partial charge in [0.15, 0.2) is 0 Å². The SMILES string of the molecule is NS(=O)(=O)Nc1cccc(NC(=O)c2cc(-c3ccc(Cl)cc3)nc3ccccc23)c1. The van der Waals surface area contributed by atoms with E-state index in [4.69, 9.17) is 16.7 Å². The summed E-state index contributed by atoms with van der Waals surface area (Å²) in [6, 6.07) is 22.5. The number of carbonyl (C=O) groups is 1. The van der Waals surface area contributed by atoms with Crippen LogP contribution in [-0.4, -0.2) is 19.3 Å². The number of carbonyl (C=O) groups excluding carboxylic acids is 1. The standard InChI is InChI=1S/C22H17ClN4O3S/c23-15-10-8-14(9-11-15)21-13-19(18-6-1-2-7-20(18)26-21)22(28)25-16-4-3-5-17(12-16)27-31(24,29)30/h1-13,27H,(H,25,28)(H2,24,29,30). The smallest absolute Gasteiger partial charge is 0.296 e. The molecule has 1 aromatic heterocycles. The van der Waals surface area contributed by atoms with Gasteiger partial charge < -0.3 is 5.32 Å². The number of pyridine rings is 1.